The van der Waals surface area contributed by atoms with Crippen LogP contribution in [0.2, 0.25) is 0 Å². The van der Waals surface area contributed by atoms with Crippen molar-refractivity contribution in [2.24, 2.45) is 0 Å². The van der Waals surface area contributed by atoms with Gasteiger partial charge in [0.25, 0.3) is 0 Å². The highest BCUT2D eigenvalue weighted by atomic mass is 19.4. The van der Waals surface area contributed by atoms with Crippen LogP contribution in [0.25, 0.3) is 0 Å². The largest absolute Gasteiger partial charge is 0.416 e. The molecule has 0 aliphatic carbocycles. The van der Waals surface area contributed by atoms with Crippen LogP contribution in [0.4, 0.5) is 13.2 Å². The third-order valence-electron chi connectivity index (χ3n) is 2.35. The molecule has 0 bridgehead atoms. The number of alkyl halides is 3. The molecule has 0 saturated carbocycles. The van der Waals surface area contributed by atoms with E-state index in [1.807, 2.05) is 6.92 Å². The number of benzene rings is 1. The van der Waals surface area contributed by atoms with Gasteiger partial charge in [-0.2, -0.15) is 13.2 Å². The molecule has 1 nitrogen and oxygen atoms in total. The number of hydrogen-bond acceptors (Lipinski definition) is 1. The molecule has 1 atom stereocenters. The molecule has 0 saturated heterocycles. The van der Waals surface area contributed by atoms with Gasteiger partial charge in [-0.3, -0.25) is 0 Å². The van der Waals surface area contributed by atoms with Gasteiger partial charge in [0, 0.05) is 0 Å². The van der Waals surface area contributed by atoms with Crippen LogP contribution in [0, 0.1) is 0 Å². The molecule has 1 N–H and O–H groups in total. The van der Waals surface area contributed by atoms with E-state index in [0.29, 0.717) is 12.0 Å². The van der Waals surface area contributed by atoms with Crippen LogP contribution in [0.3, 0.4) is 0 Å². The third kappa shape index (κ3) is 3.85. The molecule has 0 radical (unpaired) electrons. The fraction of sp³-hybridized carbons (Fsp3) is 0.500. The maximum Gasteiger partial charge on any atom is 0.416 e. The SMILES string of the molecule is CCC[C@H](O)Cc1cccc(C(F)(F)F)c1. The van der Waals surface area contributed by atoms with Crippen LogP contribution < -0.4 is 0 Å². The normalized spacial score (nSPS) is 13.8. The molecule has 0 amide bonds. The predicted molar refractivity (Wildman–Crippen MR) is 56.1 cm³/mol. The topological polar surface area (TPSA) is 20.2 Å². The van der Waals surface area contributed by atoms with Gasteiger partial charge in [0.15, 0.2) is 0 Å². The molecule has 0 heterocycles. The first-order chi connectivity index (χ1) is 7.43. The lowest BCUT2D eigenvalue weighted by atomic mass is 10.0. The van der Waals surface area contributed by atoms with Crippen LogP contribution in [0.5, 0.6) is 0 Å². The molecule has 1 aromatic carbocycles. The summed E-state index contributed by atoms with van der Waals surface area (Å²) >= 11 is 0. The molecule has 16 heavy (non-hydrogen) atoms. The summed E-state index contributed by atoms with van der Waals surface area (Å²) in [7, 11) is 0. The minimum absolute atomic E-state index is 0.276. The van der Waals surface area contributed by atoms with Crippen molar-refractivity contribution < 1.29 is 18.3 Å². The average Bonchev–Trinajstić information content (AvgIpc) is 2.17. The lowest BCUT2D eigenvalue weighted by Gasteiger charge is -2.11. The Bertz CT molecular complexity index is 333. The fourth-order valence-electron chi connectivity index (χ4n) is 1.58. The van der Waals surface area contributed by atoms with E-state index < -0.39 is 17.8 Å². The predicted octanol–water partition coefficient (Wildman–Crippen LogP) is 3.41. The Balaban J connectivity index is 2.75. The van der Waals surface area contributed by atoms with Crippen molar-refractivity contribution in [1.29, 1.82) is 0 Å². The quantitative estimate of drug-likeness (QED) is 0.843. The molecule has 0 aliphatic rings. The van der Waals surface area contributed by atoms with Gasteiger partial charge in [0.05, 0.1) is 11.7 Å². The molecular weight excluding hydrogens is 217 g/mol. The molecule has 1 aromatic rings. The third-order valence-corrected chi connectivity index (χ3v) is 2.35. The Morgan fingerprint density at radius 3 is 2.56 bits per heavy atom. The second kappa shape index (κ2) is 5.34. The first-order valence-corrected chi connectivity index (χ1v) is 5.27. The number of halogens is 3. The molecule has 1 rings (SSSR count). The fourth-order valence-corrected chi connectivity index (χ4v) is 1.58. The van der Waals surface area contributed by atoms with E-state index in [9.17, 15) is 18.3 Å². The highest BCUT2D eigenvalue weighted by molar-refractivity contribution is 5.26. The smallest absolute Gasteiger partial charge is 0.393 e. The van der Waals surface area contributed by atoms with E-state index in [-0.39, 0.29) is 6.42 Å². The Labute approximate surface area is 92.9 Å². The van der Waals surface area contributed by atoms with Gasteiger partial charge in [-0.15, -0.1) is 0 Å². The average molecular weight is 232 g/mol. The molecule has 90 valence electrons. The van der Waals surface area contributed by atoms with E-state index in [1.165, 1.54) is 6.07 Å². The van der Waals surface area contributed by atoms with Crippen molar-refractivity contribution in [3.8, 4) is 0 Å². The second-order valence-corrected chi connectivity index (χ2v) is 3.84. The van der Waals surface area contributed by atoms with Crippen molar-refractivity contribution in [3.05, 3.63) is 35.4 Å². The highest BCUT2D eigenvalue weighted by Crippen LogP contribution is 2.29. The molecule has 0 spiro atoms. The zero-order chi connectivity index (χ0) is 12.2. The number of aliphatic hydroxyl groups is 1. The Morgan fingerprint density at radius 1 is 1.31 bits per heavy atom. The summed E-state index contributed by atoms with van der Waals surface area (Å²) in [5.74, 6) is 0. The summed E-state index contributed by atoms with van der Waals surface area (Å²) in [6.45, 7) is 1.93. The Morgan fingerprint density at radius 2 is 2.00 bits per heavy atom. The molecule has 0 fully saturated rings. The van der Waals surface area contributed by atoms with Crippen LogP contribution in [0.1, 0.15) is 30.9 Å². The minimum atomic E-state index is -4.31. The maximum atomic E-state index is 12.4. The van der Waals surface area contributed by atoms with Crippen LogP contribution in [0.15, 0.2) is 24.3 Å². The van der Waals surface area contributed by atoms with E-state index in [2.05, 4.69) is 0 Å². The Hall–Kier alpha value is -1.03. The lowest BCUT2D eigenvalue weighted by Crippen LogP contribution is -2.11. The van der Waals surface area contributed by atoms with E-state index >= 15 is 0 Å². The van der Waals surface area contributed by atoms with E-state index in [4.69, 9.17) is 0 Å². The van der Waals surface area contributed by atoms with Crippen molar-refractivity contribution in [3.63, 3.8) is 0 Å². The molecule has 0 aromatic heterocycles. The molecule has 0 aliphatic heterocycles. The van der Waals surface area contributed by atoms with Gasteiger partial charge < -0.3 is 5.11 Å². The van der Waals surface area contributed by atoms with Crippen molar-refractivity contribution in [2.45, 2.75) is 38.5 Å². The highest BCUT2D eigenvalue weighted by Gasteiger charge is 2.30. The zero-order valence-corrected chi connectivity index (χ0v) is 9.09. The van der Waals surface area contributed by atoms with Crippen molar-refractivity contribution >= 4 is 0 Å². The molecule has 4 heteroatoms. The van der Waals surface area contributed by atoms with Gasteiger partial charge in [0.2, 0.25) is 0 Å². The number of aliphatic hydroxyl groups excluding tert-OH is 1. The van der Waals surface area contributed by atoms with Gasteiger partial charge >= 0.3 is 6.18 Å². The van der Waals surface area contributed by atoms with Crippen LogP contribution in [-0.4, -0.2) is 11.2 Å². The first-order valence-electron chi connectivity index (χ1n) is 5.27. The van der Waals surface area contributed by atoms with Crippen LogP contribution >= 0.6 is 0 Å². The summed E-state index contributed by atoms with van der Waals surface area (Å²) in [5.41, 5.74) is -0.135. The van der Waals surface area contributed by atoms with E-state index in [0.717, 1.165) is 18.6 Å². The first kappa shape index (κ1) is 13.0. The van der Waals surface area contributed by atoms with E-state index in [1.54, 1.807) is 6.07 Å². The Kier molecular flexibility index (Phi) is 4.35. The van der Waals surface area contributed by atoms with Crippen molar-refractivity contribution in [2.75, 3.05) is 0 Å². The summed E-state index contributed by atoms with van der Waals surface area (Å²) in [6.07, 6.45) is -3.17. The van der Waals surface area contributed by atoms with Crippen LogP contribution in [-0.2, 0) is 12.6 Å². The minimum Gasteiger partial charge on any atom is -0.393 e. The van der Waals surface area contributed by atoms with Gasteiger partial charge in [0.1, 0.15) is 0 Å². The van der Waals surface area contributed by atoms with Gasteiger partial charge in [-0.1, -0.05) is 31.5 Å². The molecular formula is C12H15F3O. The number of hydrogen-bond donors (Lipinski definition) is 1. The maximum absolute atomic E-state index is 12.4. The lowest BCUT2D eigenvalue weighted by molar-refractivity contribution is -0.137. The van der Waals surface area contributed by atoms with Gasteiger partial charge in [-0.05, 0) is 24.5 Å². The summed E-state index contributed by atoms with van der Waals surface area (Å²) in [6, 6.07) is 5.11. The summed E-state index contributed by atoms with van der Waals surface area (Å²) in [5, 5.41) is 9.52. The van der Waals surface area contributed by atoms with Crippen molar-refractivity contribution in [1.82, 2.24) is 0 Å². The van der Waals surface area contributed by atoms with Gasteiger partial charge in [-0.25, -0.2) is 0 Å². The zero-order valence-electron chi connectivity index (χ0n) is 9.09. The standard InChI is InChI=1S/C12H15F3O/c1-2-4-11(16)8-9-5-3-6-10(7-9)12(13,14)15/h3,5-7,11,16H,2,4,8H2,1H3/t11-/m0/s1. The summed E-state index contributed by atoms with van der Waals surface area (Å²) in [4.78, 5) is 0. The molecule has 0 unspecified atom stereocenters. The summed E-state index contributed by atoms with van der Waals surface area (Å²) < 4.78 is 37.2. The number of rotatable bonds is 4. The second-order valence-electron chi connectivity index (χ2n) is 3.84. The monoisotopic (exact) mass is 232 g/mol.